The summed E-state index contributed by atoms with van der Waals surface area (Å²) in [6.45, 7) is 4.89. The van der Waals surface area contributed by atoms with Gasteiger partial charge in [-0.2, -0.15) is 0 Å². The molecule has 1 aliphatic rings. The Hall–Kier alpha value is -1.79. The van der Waals surface area contributed by atoms with Gasteiger partial charge >= 0.3 is 0 Å². The fraction of sp³-hybridized carbons (Fsp3) is 0.444. The van der Waals surface area contributed by atoms with E-state index in [1.54, 1.807) is 23.5 Å². The van der Waals surface area contributed by atoms with Crippen LogP contribution in [0, 0.1) is 0 Å². The van der Waals surface area contributed by atoms with Gasteiger partial charge < -0.3 is 9.47 Å². The second kappa shape index (κ2) is 8.06. The molecule has 0 radical (unpaired) electrons. The summed E-state index contributed by atoms with van der Waals surface area (Å²) in [5.41, 5.74) is 1.53. The molecule has 25 heavy (non-hydrogen) atoms. The molecule has 1 aromatic carbocycles. The zero-order chi connectivity index (χ0) is 17.8. The van der Waals surface area contributed by atoms with E-state index in [9.17, 15) is 4.79 Å². The highest BCUT2D eigenvalue weighted by molar-refractivity contribution is 7.16. The van der Waals surface area contributed by atoms with Gasteiger partial charge in [-0.1, -0.05) is 18.5 Å². The van der Waals surface area contributed by atoms with Crippen molar-refractivity contribution in [1.29, 1.82) is 0 Å². The first-order chi connectivity index (χ1) is 12.1. The van der Waals surface area contributed by atoms with Crippen LogP contribution in [-0.4, -0.2) is 24.1 Å². The molecule has 1 heterocycles. The van der Waals surface area contributed by atoms with Gasteiger partial charge in [-0.05, 0) is 44.7 Å². The van der Waals surface area contributed by atoms with E-state index in [1.807, 2.05) is 13.8 Å². The third-order valence-electron chi connectivity index (χ3n) is 3.84. The summed E-state index contributed by atoms with van der Waals surface area (Å²) in [5, 5.41) is 3.86. The molecule has 7 heteroatoms. The molecule has 0 atom stereocenters. The summed E-state index contributed by atoms with van der Waals surface area (Å²) in [6, 6.07) is 3.27. The van der Waals surface area contributed by atoms with Crippen molar-refractivity contribution < 1.29 is 14.3 Å². The Labute approximate surface area is 156 Å². The Balaban J connectivity index is 1.81. The van der Waals surface area contributed by atoms with Gasteiger partial charge in [0, 0.05) is 10.4 Å². The van der Waals surface area contributed by atoms with Gasteiger partial charge in [0.15, 0.2) is 16.6 Å². The number of thiazole rings is 1. The third-order valence-corrected chi connectivity index (χ3v) is 5.19. The number of carbonyl (C=O) groups excluding carboxylic acids is 1. The Morgan fingerprint density at radius 1 is 1.32 bits per heavy atom. The van der Waals surface area contributed by atoms with Gasteiger partial charge in [0.2, 0.25) is 0 Å². The first-order valence-electron chi connectivity index (χ1n) is 8.51. The lowest BCUT2D eigenvalue weighted by Gasteiger charge is -2.14. The number of carbonyl (C=O) groups is 1. The molecule has 0 saturated carbocycles. The van der Waals surface area contributed by atoms with Gasteiger partial charge in [0.1, 0.15) is 0 Å². The van der Waals surface area contributed by atoms with Crippen LogP contribution in [0.15, 0.2) is 12.1 Å². The Morgan fingerprint density at radius 2 is 2.16 bits per heavy atom. The number of ether oxygens (including phenoxy) is 2. The van der Waals surface area contributed by atoms with Crippen molar-refractivity contribution in [3.05, 3.63) is 33.3 Å². The molecule has 1 amide bonds. The summed E-state index contributed by atoms with van der Waals surface area (Å²) in [4.78, 5) is 18.3. The Morgan fingerprint density at radius 3 is 2.88 bits per heavy atom. The quantitative estimate of drug-likeness (QED) is 0.754. The highest BCUT2D eigenvalue weighted by Crippen LogP contribution is 2.37. The molecule has 1 aromatic heterocycles. The SMILES string of the molecule is CCCOc1c(Cl)cc(C(=O)Nc2nc3c(s2)CCC3)cc1OCC. The number of amides is 1. The van der Waals surface area contributed by atoms with Gasteiger partial charge in [0.25, 0.3) is 5.91 Å². The molecule has 0 unspecified atom stereocenters. The number of nitrogens with one attached hydrogen (secondary N) is 1. The average molecular weight is 381 g/mol. The van der Waals surface area contributed by atoms with E-state index in [4.69, 9.17) is 21.1 Å². The maximum atomic E-state index is 12.6. The number of aromatic nitrogens is 1. The standard InChI is InChI=1S/C18H21ClN2O3S/c1-3-8-24-16-12(19)9-11(10-14(16)23-4-2)17(22)21-18-20-13-6-5-7-15(13)25-18/h9-10H,3-8H2,1-2H3,(H,20,21,22). The summed E-state index contributed by atoms with van der Waals surface area (Å²) in [5.74, 6) is 0.711. The number of hydrogen-bond acceptors (Lipinski definition) is 5. The van der Waals surface area contributed by atoms with E-state index in [-0.39, 0.29) is 5.91 Å². The summed E-state index contributed by atoms with van der Waals surface area (Å²) < 4.78 is 11.3. The van der Waals surface area contributed by atoms with Crippen molar-refractivity contribution in [2.24, 2.45) is 0 Å². The molecule has 134 valence electrons. The van der Waals surface area contributed by atoms with Crippen LogP contribution in [-0.2, 0) is 12.8 Å². The van der Waals surface area contributed by atoms with Crippen molar-refractivity contribution in [1.82, 2.24) is 4.98 Å². The molecule has 0 aliphatic heterocycles. The van der Waals surface area contributed by atoms with Crippen molar-refractivity contribution in [2.45, 2.75) is 39.5 Å². The first kappa shape index (κ1) is 18.0. The molecular formula is C18H21ClN2O3S. The van der Waals surface area contributed by atoms with Crippen LogP contribution in [0.1, 0.15) is 47.6 Å². The number of hydrogen-bond donors (Lipinski definition) is 1. The molecule has 1 N–H and O–H groups in total. The van der Waals surface area contributed by atoms with Crippen molar-refractivity contribution >= 4 is 34.0 Å². The molecule has 0 bridgehead atoms. The number of aryl methyl sites for hydroxylation is 2. The smallest absolute Gasteiger partial charge is 0.257 e. The van der Waals surface area contributed by atoms with Crippen molar-refractivity contribution in [3.8, 4) is 11.5 Å². The largest absolute Gasteiger partial charge is 0.490 e. The maximum absolute atomic E-state index is 12.6. The second-order valence-electron chi connectivity index (χ2n) is 5.76. The lowest BCUT2D eigenvalue weighted by Crippen LogP contribution is -2.12. The van der Waals surface area contributed by atoms with Gasteiger partial charge in [-0.3, -0.25) is 10.1 Å². The molecule has 0 spiro atoms. The van der Waals surface area contributed by atoms with Crippen LogP contribution in [0.2, 0.25) is 5.02 Å². The van der Waals surface area contributed by atoms with Crippen LogP contribution in [0.25, 0.3) is 0 Å². The van der Waals surface area contributed by atoms with Crippen LogP contribution in [0.5, 0.6) is 11.5 Å². The van der Waals surface area contributed by atoms with Gasteiger partial charge in [0.05, 0.1) is 23.9 Å². The summed E-state index contributed by atoms with van der Waals surface area (Å²) >= 11 is 7.86. The minimum Gasteiger partial charge on any atom is -0.490 e. The molecule has 0 fully saturated rings. The normalized spacial score (nSPS) is 12.8. The number of halogens is 1. The number of fused-ring (bicyclic) bond motifs is 1. The third kappa shape index (κ3) is 4.07. The minimum atomic E-state index is -0.252. The molecule has 0 saturated heterocycles. The second-order valence-corrected chi connectivity index (χ2v) is 7.25. The van der Waals surface area contributed by atoms with E-state index >= 15 is 0 Å². The monoisotopic (exact) mass is 380 g/mol. The van der Waals surface area contributed by atoms with E-state index in [0.717, 1.165) is 31.4 Å². The van der Waals surface area contributed by atoms with Gasteiger partial charge in [-0.25, -0.2) is 4.98 Å². The fourth-order valence-corrected chi connectivity index (χ4v) is 4.03. The molecule has 2 aromatic rings. The molecule has 1 aliphatic carbocycles. The van der Waals surface area contributed by atoms with E-state index in [1.165, 1.54) is 4.88 Å². The first-order valence-corrected chi connectivity index (χ1v) is 9.70. The fourth-order valence-electron chi connectivity index (χ4n) is 2.72. The lowest BCUT2D eigenvalue weighted by molar-refractivity contribution is 0.102. The topological polar surface area (TPSA) is 60.5 Å². The molecular weight excluding hydrogens is 360 g/mol. The van der Waals surface area contributed by atoms with Crippen molar-refractivity contribution in [2.75, 3.05) is 18.5 Å². The number of benzene rings is 1. The lowest BCUT2D eigenvalue weighted by atomic mass is 10.2. The van der Waals surface area contributed by atoms with Gasteiger partial charge in [-0.15, -0.1) is 11.3 Å². The summed E-state index contributed by atoms with van der Waals surface area (Å²) in [7, 11) is 0. The highest BCUT2D eigenvalue weighted by Gasteiger charge is 2.20. The number of anilines is 1. The maximum Gasteiger partial charge on any atom is 0.257 e. The summed E-state index contributed by atoms with van der Waals surface area (Å²) in [6.07, 6.45) is 4.05. The Kier molecular flexibility index (Phi) is 5.81. The van der Waals surface area contributed by atoms with Crippen LogP contribution in [0.4, 0.5) is 5.13 Å². The average Bonchev–Trinajstić information content (AvgIpc) is 3.15. The Bertz CT molecular complexity index is 754. The van der Waals surface area contributed by atoms with Crippen LogP contribution < -0.4 is 14.8 Å². The number of nitrogens with zero attached hydrogens (tertiary/aromatic N) is 1. The van der Waals surface area contributed by atoms with Crippen LogP contribution in [0.3, 0.4) is 0 Å². The van der Waals surface area contributed by atoms with E-state index in [2.05, 4.69) is 10.3 Å². The zero-order valence-electron chi connectivity index (χ0n) is 14.4. The highest BCUT2D eigenvalue weighted by atomic mass is 35.5. The number of rotatable bonds is 7. The molecule has 5 nitrogen and oxygen atoms in total. The predicted molar refractivity (Wildman–Crippen MR) is 100 cm³/mol. The van der Waals surface area contributed by atoms with Crippen molar-refractivity contribution in [3.63, 3.8) is 0 Å². The zero-order valence-corrected chi connectivity index (χ0v) is 15.9. The minimum absolute atomic E-state index is 0.252. The van der Waals surface area contributed by atoms with E-state index in [0.29, 0.717) is 40.4 Å². The van der Waals surface area contributed by atoms with Crippen LogP contribution >= 0.6 is 22.9 Å². The molecule has 3 rings (SSSR count). The predicted octanol–water partition coefficient (Wildman–Crippen LogP) is 4.73. The van der Waals surface area contributed by atoms with E-state index < -0.39 is 0 Å².